The van der Waals surface area contributed by atoms with Crippen LogP contribution in [0.3, 0.4) is 0 Å². The second kappa shape index (κ2) is 6.86. The molecule has 1 aromatic carbocycles. The zero-order chi connectivity index (χ0) is 14.4. The predicted molar refractivity (Wildman–Crippen MR) is 76.0 cm³/mol. The van der Waals surface area contributed by atoms with Crippen LogP contribution in [0, 0.1) is 0 Å². The summed E-state index contributed by atoms with van der Waals surface area (Å²) in [6.07, 6.45) is 3.08. The van der Waals surface area contributed by atoms with Gasteiger partial charge in [-0.1, -0.05) is 43.7 Å². The first-order valence-electron chi connectivity index (χ1n) is 6.73. The molecule has 1 unspecified atom stereocenters. The first kappa shape index (κ1) is 14.3. The van der Waals surface area contributed by atoms with Crippen molar-refractivity contribution >= 4 is 5.91 Å². The molecule has 2 aromatic rings. The van der Waals surface area contributed by atoms with Gasteiger partial charge in [0.15, 0.2) is 5.69 Å². The molecule has 1 amide bonds. The molecule has 2 rings (SSSR count). The van der Waals surface area contributed by atoms with Gasteiger partial charge < -0.3 is 15.5 Å². The van der Waals surface area contributed by atoms with Crippen molar-refractivity contribution in [2.75, 3.05) is 0 Å². The minimum atomic E-state index is -0.257. The molecule has 20 heavy (non-hydrogen) atoms. The number of amides is 1. The third-order valence-corrected chi connectivity index (χ3v) is 2.97. The minimum absolute atomic E-state index is 0.254. The molecular formula is C15H19N3O2. The lowest BCUT2D eigenvalue weighted by Gasteiger charge is -2.04. The van der Waals surface area contributed by atoms with E-state index in [0.717, 1.165) is 18.4 Å². The van der Waals surface area contributed by atoms with E-state index in [0.29, 0.717) is 12.4 Å². The van der Waals surface area contributed by atoms with E-state index in [2.05, 4.69) is 10.3 Å². The molecule has 0 radical (unpaired) electrons. The molecule has 0 aliphatic heterocycles. The highest BCUT2D eigenvalue weighted by molar-refractivity contribution is 5.91. The summed E-state index contributed by atoms with van der Waals surface area (Å²) in [4.78, 5) is 16.1. The largest absolute Gasteiger partial charge is 0.446 e. The maximum Gasteiger partial charge on any atom is 0.273 e. The number of hydrogen-bond donors (Lipinski definition) is 2. The van der Waals surface area contributed by atoms with Crippen LogP contribution in [0.4, 0.5) is 0 Å². The van der Waals surface area contributed by atoms with Crippen LogP contribution in [0.5, 0.6) is 0 Å². The summed E-state index contributed by atoms with van der Waals surface area (Å²) >= 11 is 0. The highest BCUT2D eigenvalue weighted by Gasteiger charge is 2.16. The fourth-order valence-electron chi connectivity index (χ4n) is 1.87. The van der Waals surface area contributed by atoms with Crippen LogP contribution in [0.2, 0.25) is 0 Å². The van der Waals surface area contributed by atoms with Crippen LogP contribution in [0.15, 0.2) is 41.0 Å². The lowest BCUT2D eigenvalue weighted by Crippen LogP contribution is -2.23. The van der Waals surface area contributed by atoms with Crippen LogP contribution in [0.25, 0.3) is 0 Å². The number of rotatable bonds is 6. The molecule has 0 aliphatic carbocycles. The van der Waals surface area contributed by atoms with E-state index in [1.54, 1.807) is 0 Å². The van der Waals surface area contributed by atoms with E-state index < -0.39 is 0 Å². The molecule has 0 aliphatic rings. The maximum absolute atomic E-state index is 11.9. The van der Waals surface area contributed by atoms with Gasteiger partial charge in [0, 0.05) is 6.54 Å². The fraction of sp³-hybridized carbons (Fsp3) is 0.333. The number of nitrogens with two attached hydrogens (primary N) is 1. The number of carbonyl (C=O) groups excluding carboxylic acids is 1. The van der Waals surface area contributed by atoms with Crippen LogP contribution < -0.4 is 11.1 Å². The van der Waals surface area contributed by atoms with Gasteiger partial charge in [-0.05, 0) is 12.0 Å². The van der Waals surface area contributed by atoms with Crippen LogP contribution in [-0.2, 0) is 6.54 Å². The molecule has 5 heteroatoms. The van der Waals surface area contributed by atoms with Crippen molar-refractivity contribution in [3.05, 3.63) is 53.7 Å². The summed E-state index contributed by atoms with van der Waals surface area (Å²) in [6, 6.07) is 9.44. The maximum atomic E-state index is 11.9. The smallest absolute Gasteiger partial charge is 0.273 e. The van der Waals surface area contributed by atoms with Crippen molar-refractivity contribution < 1.29 is 9.21 Å². The fourth-order valence-corrected chi connectivity index (χ4v) is 1.87. The average Bonchev–Trinajstić information content (AvgIpc) is 2.96. The van der Waals surface area contributed by atoms with Crippen molar-refractivity contribution in [2.45, 2.75) is 32.4 Å². The van der Waals surface area contributed by atoms with Gasteiger partial charge >= 0.3 is 0 Å². The van der Waals surface area contributed by atoms with Crippen molar-refractivity contribution in [1.82, 2.24) is 10.3 Å². The van der Waals surface area contributed by atoms with E-state index in [4.69, 9.17) is 10.2 Å². The highest BCUT2D eigenvalue weighted by atomic mass is 16.3. The quantitative estimate of drug-likeness (QED) is 0.846. The number of nitrogens with zero attached hydrogens (tertiary/aromatic N) is 1. The summed E-state index contributed by atoms with van der Waals surface area (Å²) < 4.78 is 5.26. The predicted octanol–water partition coefficient (Wildman–Crippen LogP) is 2.40. The third-order valence-electron chi connectivity index (χ3n) is 2.97. The zero-order valence-corrected chi connectivity index (χ0v) is 11.5. The van der Waals surface area contributed by atoms with Crippen LogP contribution in [-0.4, -0.2) is 10.9 Å². The Kier molecular flexibility index (Phi) is 4.90. The van der Waals surface area contributed by atoms with Crippen molar-refractivity contribution in [3.8, 4) is 0 Å². The Morgan fingerprint density at radius 2 is 2.15 bits per heavy atom. The summed E-state index contributed by atoms with van der Waals surface area (Å²) in [6.45, 7) is 2.50. The van der Waals surface area contributed by atoms with Crippen molar-refractivity contribution in [1.29, 1.82) is 0 Å². The van der Waals surface area contributed by atoms with E-state index >= 15 is 0 Å². The van der Waals surface area contributed by atoms with Gasteiger partial charge in [-0.3, -0.25) is 4.79 Å². The second-order valence-corrected chi connectivity index (χ2v) is 4.63. The molecule has 3 N–H and O–H groups in total. The van der Waals surface area contributed by atoms with E-state index in [1.165, 1.54) is 6.26 Å². The molecule has 0 bridgehead atoms. The average molecular weight is 273 g/mol. The Bertz CT molecular complexity index is 551. The van der Waals surface area contributed by atoms with Crippen molar-refractivity contribution in [2.24, 2.45) is 5.73 Å². The SMILES string of the molecule is CCCC(N)c1nc(C(=O)NCc2ccccc2)co1. The number of nitrogens with one attached hydrogen (secondary N) is 1. The van der Waals surface area contributed by atoms with E-state index in [9.17, 15) is 4.79 Å². The van der Waals surface area contributed by atoms with Crippen LogP contribution >= 0.6 is 0 Å². The van der Waals surface area contributed by atoms with Gasteiger partial charge in [0.25, 0.3) is 5.91 Å². The number of aromatic nitrogens is 1. The van der Waals surface area contributed by atoms with Crippen LogP contribution in [0.1, 0.15) is 47.7 Å². The molecule has 0 fully saturated rings. The van der Waals surface area contributed by atoms with Gasteiger partial charge in [0.05, 0.1) is 6.04 Å². The molecule has 1 heterocycles. The summed E-state index contributed by atoms with van der Waals surface area (Å²) in [7, 11) is 0. The number of hydrogen-bond acceptors (Lipinski definition) is 4. The first-order chi connectivity index (χ1) is 9.70. The zero-order valence-electron chi connectivity index (χ0n) is 11.5. The van der Waals surface area contributed by atoms with Gasteiger partial charge in [-0.2, -0.15) is 0 Å². The Balaban J connectivity index is 1.93. The lowest BCUT2D eigenvalue weighted by atomic mass is 10.2. The Hall–Kier alpha value is -2.14. The number of benzene rings is 1. The van der Waals surface area contributed by atoms with Gasteiger partial charge in [0.1, 0.15) is 6.26 Å². The lowest BCUT2D eigenvalue weighted by molar-refractivity contribution is 0.0946. The molecular weight excluding hydrogens is 254 g/mol. The van der Waals surface area contributed by atoms with Gasteiger partial charge in [0.2, 0.25) is 5.89 Å². The Morgan fingerprint density at radius 1 is 1.40 bits per heavy atom. The molecule has 5 nitrogen and oxygen atoms in total. The molecule has 1 atom stereocenters. The molecule has 1 aromatic heterocycles. The molecule has 0 saturated heterocycles. The number of oxazole rings is 1. The Morgan fingerprint density at radius 3 is 2.85 bits per heavy atom. The Labute approximate surface area is 118 Å². The second-order valence-electron chi connectivity index (χ2n) is 4.63. The summed E-state index contributed by atoms with van der Waals surface area (Å²) in [5.74, 6) is 0.157. The third kappa shape index (κ3) is 3.68. The normalized spacial score (nSPS) is 12.1. The van der Waals surface area contributed by atoms with E-state index in [1.807, 2.05) is 37.3 Å². The number of carbonyl (C=O) groups is 1. The van der Waals surface area contributed by atoms with Gasteiger partial charge in [-0.15, -0.1) is 0 Å². The summed E-state index contributed by atoms with van der Waals surface area (Å²) in [5, 5.41) is 2.80. The van der Waals surface area contributed by atoms with Crippen molar-refractivity contribution in [3.63, 3.8) is 0 Å². The molecule has 106 valence electrons. The monoisotopic (exact) mass is 273 g/mol. The van der Waals surface area contributed by atoms with E-state index in [-0.39, 0.29) is 17.6 Å². The van der Waals surface area contributed by atoms with Gasteiger partial charge in [-0.25, -0.2) is 4.98 Å². The minimum Gasteiger partial charge on any atom is -0.446 e. The highest BCUT2D eigenvalue weighted by Crippen LogP contribution is 2.15. The topological polar surface area (TPSA) is 81.1 Å². The first-order valence-corrected chi connectivity index (χ1v) is 6.73. The standard InChI is InChI=1S/C15H19N3O2/c1-2-6-12(16)15-18-13(10-20-15)14(19)17-9-11-7-4-3-5-8-11/h3-5,7-8,10,12H,2,6,9,16H2,1H3,(H,17,19). The summed E-state index contributed by atoms with van der Waals surface area (Å²) in [5.41, 5.74) is 7.20. The molecule has 0 saturated carbocycles. The molecule has 0 spiro atoms.